The van der Waals surface area contributed by atoms with Gasteiger partial charge < -0.3 is 5.73 Å². The molecule has 0 aliphatic heterocycles. The van der Waals surface area contributed by atoms with E-state index in [0.29, 0.717) is 0 Å². The first kappa shape index (κ1) is 13.0. The summed E-state index contributed by atoms with van der Waals surface area (Å²) in [6, 6.07) is 8.96. The van der Waals surface area contributed by atoms with E-state index >= 15 is 0 Å². The fraction of sp³-hybridized carbons (Fsp3) is 0.538. The molecule has 0 saturated carbocycles. The minimum atomic E-state index is 0.212. The Bertz CT molecular complexity index is 297. The quantitative estimate of drug-likeness (QED) is 0.847. The van der Waals surface area contributed by atoms with Gasteiger partial charge in [0.05, 0.1) is 0 Å². The summed E-state index contributed by atoms with van der Waals surface area (Å²) in [6.07, 6.45) is 2.14. The molecule has 0 aliphatic carbocycles. The Morgan fingerprint density at radius 3 is 2.20 bits per heavy atom. The Morgan fingerprint density at radius 2 is 1.73 bits per heavy atom. The van der Waals surface area contributed by atoms with Gasteiger partial charge in [-0.2, -0.15) is 0 Å². The van der Waals surface area contributed by atoms with Crippen LogP contribution in [0.25, 0.3) is 0 Å². The molecule has 0 fully saturated rings. The molecule has 1 aromatic carbocycles. The number of hydrogen-bond acceptors (Lipinski definition) is 1. The van der Waals surface area contributed by atoms with E-state index < -0.39 is 0 Å². The van der Waals surface area contributed by atoms with Crippen LogP contribution in [0.4, 0.5) is 0 Å². The van der Waals surface area contributed by atoms with Gasteiger partial charge in [0.15, 0.2) is 0 Å². The second-order valence-electron chi connectivity index (χ2n) is 5.14. The first-order chi connectivity index (χ1) is 6.89. The van der Waals surface area contributed by atoms with Crippen LogP contribution in [0.2, 0.25) is 0 Å². The summed E-state index contributed by atoms with van der Waals surface area (Å²) in [7, 11) is 0. The summed E-state index contributed by atoms with van der Waals surface area (Å²) in [5, 5.41) is 0. The standard InChI is InChI=1S/C13H20IN/c1-13(2,3)12(15)9-6-10-4-7-11(14)8-5-10/h4-5,7-8,12H,6,9,15H2,1-3H3. The van der Waals surface area contributed by atoms with Gasteiger partial charge >= 0.3 is 0 Å². The number of hydrogen-bond donors (Lipinski definition) is 1. The average molecular weight is 317 g/mol. The topological polar surface area (TPSA) is 26.0 Å². The van der Waals surface area contributed by atoms with Gasteiger partial charge in [0.2, 0.25) is 0 Å². The third kappa shape index (κ3) is 4.51. The normalized spacial score (nSPS) is 13.9. The van der Waals surface area contributed by atoms with Gasteiger partial charge in [0, 0.05) is 9.61 Å². The van der Waals surface area contributed by atoms with Crippen LogP contribution < -0.4 is 5.73 Å². The van der Waals surface area contributed by atoms with Crippen LogP contribution >= 0.6 is 22.6 Å². The SMILES string of the molecule is CC(C)(C)C(N)CCc1ccc(I)cc1. The summed E-state index contributed by atoms with van der Waals surface area (Å²) in [6.45, 7) is 6.60. The summed E-state index contributed by atoms with van der Waals surface area (Å²) in [5.74, 6) is 0. The lowest BCUT2D eigenvalue weighted by Crippen LogP contribution is -2.35. The molecular formula is C13H20IN. The molecule has 1 nitrogen and oxygen atoms in total. The van der Waals surface area contributed by atoms with Crippen LogP contribution in [0.15, 0.2) is 24.3 Å². The predicted molar refractivity (Wildman–Crippen MR) is 74.9 cm³/mol. The highest BCUT2D eigenvalue weighted by molar-refractivity contribution is 14.1. The maximum absolute atomic E-state index is 6.13. The molecule has 1 aromatic rings. The molecular weight excluding hydrogens is 297 g/mol. The molecule has 0 amide bonds. The van der Waals surface area contributed by atoms with Gasteiger partial charge in [-0.3, -0.25) is 0 Å². The fourth-order valence-corrected chi connectivity index (χ4v) is 1.77. The Balaban J connectivity index is 2.47. The van der Waals surface area contributed by atoms with Gasteiger partial charge in [-0.25, -0.2) is 0 Å². The number of aryl methyl sites for hydroxylation is 1. The fourth-order valence-electron chi connectivity index (χ4n) is 1.41. The summed E-state index contributed by atoms with van der Waals surface area (Å²) < 4.78 is 1.29. The third-order valence-corrected chi connectivity index (χ3v) is 3.49. The molecule has 0 aromatic heterocycles. The van der Waals surface area contributed by atoms with Crippen LogP contribution in [-0.2, 0) is 6.42 Å². The van der Waals surface area contributed by atoms with E-state index in [1.54, 1.807) is 0 Å². The molecule has 15 heavy (non-hydrogen) atoms. The molecule has 0 heterocycles. The Labute approximate surface area is 107 Å². The van der Waals surface area contributed by atoms with Crippen LogP contribution in [0.3, 0.4) is 0 Å². The molecule has 1 atom stereocenters. The van der Waals surface area contributed by atoms with Crippen LogP contribution in [0.5, 0.6) is 0 Å². The molecule has 1 unspecified atom stereocenters. The smallest absolute Gasteiger partial charge is 0.0130 e. The van der Waals surface area contributed by atoms with E-state index in [9.17, 15) is 0 Å². The van der Waals surface area contributed by atoms with E-state index in [1.807, 2.05) is 0 Å². The highest BCUT2D eigenvalue weighted by Gasteiger charge is 2.19. The van der Waals surface area contributed by atoms with Gasteiger partial charge in [0.25, 0.3) is 0 Å². The first-order valence-electron chi connectivity index (χ1n) is 5.39. The molecule has 0 bridgehead atoms. The van der Waals surface area contributed by atoms with E-state index in [4.69, 9.17) is 5.73 Å². The Hall–Kier alpha value is -0.0900. The minimum Gasteiger partial charge on any atom is -0.327 e. The van der Waals surface area contributed by atoms with Crippen LogP contribution in [0, 0.1) is 8.99 Å². The third-order valence-electron chi connectivity index (χ3n) is 2.77. The monoisotopic (exact) mass is 317 g/mol. The summed E-state index contributed by atoms with van der Waals surface area (Å²) in [5.41, 5.74) is 7.72. The van der Waals surface area contributed by atoms with Crippen molar-refractivity contribution in [3.8, 4) is 0 Å². The number of benzene rings is 1. The largest absolute Gasteiger partial charge is 0.327 e. The molecule has 2 N–H and O–H groups in total. The number of nitrogens with two attached hydrogens (primary N) is 1. The van der Waals surface area contributed by atoms with Crippen molar-refractivity contribution in [3.63, 3.8) is 0 Å². The number of halogens is 1. The summed E-state index contributed by atoms with van der Waals surface area (Å²) >= 11 is 2.33. The van der Waals surface area contributed by atoms with Crippen molar-refractivity contribution in [3.05, 3.63) is 33.4 Å². The molecule has 0 radical (unpaired) electrons. The lowest BCUT2D eigenvalue weighted by Gasteiger charge is -2.27. The summed E-state index contributed by atoms with van der Waals surface area (Å²) in [4.78, 5) is 0. The first-order valence-corrected chi connectivity index (χ1v) is 6.47. The molecule has 1 rings (SSSR count). The Morgan fingerprint density at radius 1 is 1.20 bits per heavy atom. The highest BCUT2D eigenvalue weighted by Crippen LogP contribution is 2.21. The predicted octanol–water partition coefficient (Wildman–Crippen LogP) is 3.60. The zero-order chi connectivity index (χ0) is 11.5. The van der Waals surface area contributed by atoms with E-state index in [2.05, 4.69) is 67.6 Å². The molecule has 84 valence electrons. The van der Waals surface area contributed by atoms with Gasteiger partial charge in [-0.1, -0.05) is 32.9 Å². The highest BCUT2D eigenvalue weighted by atomic mass is 127. The van der Waals surface area contributed by atoms with Crippen molar-refractivity contribution in [1.82, 2.24) is 0 Å². The van der Waals surface area contributed by atoms with Gasteiger partial charge in [-0.15, -0.1) is 0 Å². The van der Waals surface area contributed by atoms with Gasteiger partial charge in [0.1, 0.15) is 0 Å². The van der Waals surface area contributed by atoms with E-state index in [1.165, 1.54) is 9.13 Å². The van der Waals surface area contributed by atoms with Crippen LogP contribution in [0.1, 0.15) is 32.8 Å². The zero-order valence-electron chi connectivity index (χ0n) is 9.76. The van der Waals surface area contributed by atoms with Crippen molar-refractivity contribution < 1.29 is 0 Å². The average Bonchev–Trinajstić information content (AvgIpc) is 2.15. The molecule has 0 spiro atoms. The lowest BCUT2D eigenvalue weighted by molar-refractivity contribution is 0.306. The van der Waals surface area contributed by atoms with Crippen molar-refractivity contribution in [2.24, 2.45) is 11.1 Å². The lowest BCUT2D eigenvalue weighted by atomic mass is 9.84. The zero-order valence-corrected chi connectivity index (χ0v) is 11.9. The second kappa shape index (κ2) is 5.30. The number of rotatable bonds is 3. The molecule has 0 saturated heterocycles. The molecule has 2 heteroatoms. The molecule has 0 aliphatic rings. The van der Waals surface area contributed by atoms with Crippen molar-refractivity contribution >= 4 is 22.6 Å². The van der Waals surface area contributed by atoms with E-state index in [0.717, 1.165) is 12.8 Å². The van der Waals surface area contributed by atoms with Crippen molar-refractivity contribution in [2.75, 3.05) is 0 Å². The Kier molecular flexibility index (Phi) is 4.59. The van der Waals surface area contributed by atoms with Crippen molar-refractivity contribution in [1.29, 1.82) is 0 Å². The maximum atomic E-state index is 6.13. The van der Waals surface area contributed by atoms with Crippen molar-refractivity contribution in [2.45, 2.75) is 39.7 Å². The minimum absolute atomic E-state index is 0.212. The van der Waals surface area contributed by atoms with E-state index in [-0.39, 0.29) is 11.5 Å². The second-order valence-corrected chi connectivity index (χ2v) is 6.38. The maximum Gasteiger partial charge on any atom is 0.0130 e. The van der Waals surface area contributed by atoms with Gasteiger partial charge in [-0.05, 0) is 58.5 Å². The van der Waals surface area contributed by atoms with Crippen LogP contribution in [-0.4, -0.2) is 6.04 Å².